The van der Waals surface area contributed by atoms with E-state index in [2.05, 4.69) is 41.5 Å². The highest BCUT2D eigenvalue weighted by Crippen LogP contribution is 2.31. The lowest BCUT2D eigenvalue weighted by atomic mass is 10.1. The maximum atomic E-state index is 14.5. The van der Waals surface area contributed by atoms with Crippen molar-refractivity contribution in [2.45, 2.75) is 58.0 Å². The minimum Gasteiger partial charge on any atom is -0.362 e. The molecule has 0 unspecified atom stereocenters. The zero-order valence-corrected chi connectivity index (χ0v) is 25.3. The van der Waals surface area contributed by atoms with E-state index in [1.807, 2.05) is 4.90 Å². The highest BCUT2D eigenvalue weighted by atomic mass is 79.9. The van der Waals surface area contributed by atoms with Gasteiger partial charge in [0.15, 0.2) is 11.6 Å². The summed E-state index contributed by atoms with van der Waals surface area (Å²) in [6, 6.07) is 9.17. The van der Waals surface area contributed by atoms with Gasteiger partial charge in [-0.25, -0.2) is 9.37 Å². The van der Waals surface area contributed by atoms with Gasteiger partial charge < -0.3 is 19.7 Å². The van der Waals surface area contributed by atoms with Gasteiger partial charge in [-0.2, -0.15) is 13.9 Å². The number of benzene rings is 1. The maximum Gasteiger partial charge on any atom is 0.304 e. The maximum absolute atomic E-state index is 14.5. The van der Waals surface area contributed by atoms with Crippen LogP contribution >= 0.6 is 15.9 Å². The number of halogens is 4. The Morgan fingerprint density at radius 3 is 2.66 bits per heavy atom. The molecule has 0 bridgehead atoms. The molecule has 2 amide bonds. The number of amides is 2. The molecule has 12 nitrogen and oxygen atoms in total. The number of anilines is 2. The lowest BCUT2D eigenvalue weighted by Gasteiger charge is -2.30. The van der Waals surface area contributed by atoms with Gasteiger partial charge in [-0.3, -0.25) is 19.1 Å². The van der Waals surface area contributed by atoms with Crippen LogP contribution in [0.3, 0.4) is 0 Å². The Labute approximate surface area is 257 Å². The summed E-state index contributed by atoms with van der Waals surface area (Å²) in [5, 5.41) is 15.2. The molecule has 0 aliphatic carbocycles. The number of hydrogen-bond acceptors (Lipinski definition) is 8. The van der Waals surface area contributed by atoms with E-state index in [1.54, 1.807) is 36.4 Å². The van der Waals surface area contributed by atoms with Crippen LogP contribution in [-0.4, -0.2) is 77.3 Å². The van der Waals surface area contributed by atoms with Crippen molar-refractivity contribution in [2.24, 2.45) is 0 Å². The van der Waals surface area contributed by atoms with E-state index in [0.717, 1.165) is 6.92 Å². The Hall–Kier alpha value is -4.34. The average Bonchev–Trinajstić information content (AvgIpc) is 3.67. The number of Topliss-reactive ketones (excluding diaryl/α,β-unsaturated/α-hetero) is 1. The highest BCUT2D eigenvalue weighted by molar-refractivity contribution is 9.10. The Bertz CT molecular complexity index is 1790. The van der Waals surface area contributed by atoms with Crippen molar-refractivity contribution < 1.29 is 27.6 Å². The van der Waals surface area contributed by atoms with E-state index in [9.17, 15) is 27.6 Å². The molecule has 16 heteroatoms. The third-order valence-corrected chi connectivity index (χ3v) is 8.14. The molecule has 44 heavy (non-hydrogen) atoms. The van der Waals surface area contributed by atoms with Gasteiger partial charge in [0.05, 0.1) is 18.6 Å². The van der Waals surface area contributed by atoms with Gasteiger partial charge in [0, 0.05) is 44.4 Å². The fourth-order valence-electron chi connectivity index (χ4n) is 5.66. The van der Waals surface area contributed by atoms with Crippen molar-refractivity contribution in [1.29, 1.82) is 0 Å². The topological polar surface area (TPSA) is 131 Å². The van der Waals surface area contributed by atoms with Crippen LogP contribution in [-0.2, 0) is 35.1 Å². The SMILES string of the molecule is CC(=O)c1nn(CC(=O)N2C[C@H](F)C[C@H]2C(=O)Nc2cccc(Br)n2)c2ccc(N3CCn4c(nnc4C(C)(F)F)C3)cc12. The lowest BCUT2D eigenvalue weighted by molar-refractivity contribution is -0.137. The van der Waals surface area contributed by atoms with Crippen molar-refractivity contribution in [2.75, 3.05) is 23.3 Å². The van der Waals surface area contributed by atoms with Gasteiger partial charge in [0.25, 0.3) is 0 Å². The van der Waals surface area contributed by atoms with E-state index < -0.39 is 30.0 Å². The summed E-state index contributed by atoms with van der Waals surface area (Å²) >= 11 is 3.24. The predicted octanol–water partition coefficient (Wildman–Crippen LogP) is 3.70. The number of alkyl halides is 3. The number of nitrogens with one attached hydrogen (secondary N) is 1. The second-order valence-corrected chi connectivity index (χ2v) is 11.7. The Balaban J connectivity index is 1.23. The number of rotatable bonds is 7. The van der Waals surface area contributed by atoms with Gasteiger partial charge >= 0.3 is 5.92 Å². The Morgan fingerprint density at radius 2 is 1.93 bits per heavy atom. The predicted molar refractivity (Wildman–Crippen MR) is 156 cm³/mol. The molecule has 0 spiro atoms. The van der Waals surface area contributed by atoms with E-state index >= 15 is 0 Å². The molecule has 3 aromatic heterocycles. The van der Waals surface area contributed by atoms with Gasteiger partial charge in [0.1, 0.15) is 34.9 Å². The van der Waals surface area contributed by atoms with Crippen molar-refractivity contribution >= 4 is 55.9 Å². The number of fused-ring (bicyclic) bond motifs is 2. The number of hydrogen-bond donors (Lipinski definition) is 1. The van der Waals surface area contributed by atoms with Gasteiger partial charge in [0.2, 0.25) is 17.6 Å². The second kappa shape index (κ2) is 11.3. The van der Waals surface area contributed by atoms with Crippen LogP contribution in [0.15, 0.2) is 41.0 Å². The summed E-state index contributed by atoms with van der Waals surface area (Å²) in [5.74, 6) is -4.26. The number of nitrogens with zero attached hydrogens (tertiary/aromatic N) is 8. The van der Waals surface area contributed by atoms with Crippen LogP contribution in [0.4, 0.5) is 24.7 Å². The first-order valence-corrected chi connectivity index (χ1v) is 14.6. The zero-order valence-electron chi connectivity index (χ0n) is 23.7. The van der Waals surface area contributed by atoms with Gasteiger partial charge in [-0.05, 0) is 46.3 Å². The normalized spacial score (nSPS) is 18.5. The second-order valence-electron chi connectivity index (χ2n) is 10.9. The van der Waals surface area contributed by atoms with Gasteiger partial charge in [-0.15, -0.1) is 10.2 Å². The first kappa shape index (κ1) is 29.7. The molecule has 0 saturated carbocycles. The minimum absolute atomic E-state index is 0.141. The molecule has 1 N–H and O–H groups in total. The fraction of sp³-hybridized carbons (Fsp3) is 0.393. The molecule has 4 aromatic rings. The quantitative estimate of drug-likeness (QED) is 0.232. The van der Waals surface area contributed by atoms with Crippen molar-refractivity contribution in [3.63, 3.8) is 0 Å². The minimum atomic E-state index is -3.12. The molecule has 1 aromatic carbocycles. The summed E-state index contributed by atoms with van der Waals surface area (Å²) < 4.78 is 45.6. The summed E-state index contributed by atoms with van der Waals surface area (Å²) in [6.45, 7) is 2.46. The molecular weight excluding hydrogens is 647 g/mol. The number of aromatic nitrogens is 6. The van der Waals surface area contributed by atoms with Crippen LogP contribution in [0.2, 0.25) is 0 Å². The average molecular weight is 674 g/mol. The van der Waals surface area contributed by atoms with Crippen LogP contribution in [0.25, 0.3) is 10.9 Å². The number of carbonyl (C=O) groups excluding carboxylic acids is 3. The standard InChI is InChI=1S/C28H27BrF3N9O3/c1-15(42)25-18-11-17(38-8-9-39-23(13-38)35-36-27(39)28(2,31)32)6-7-19(18)41(37-25)14-24(43)40-12-16(30)10-20(40)26(44)34-22-5-3-4-21(29)33-22/h3-7,11,16,20H,8-10,12-14H2,1-2H3,(H,33,34,44)/t16-,20+/m1/s1. The van der Waals surface area contributed by atoms with Gasteiger partial charge in [-0.1, -0.05) is 6.07 Å². The molecule has 2 aliphatic rings. The van der Waals surface area contributed by atoms with E-state index in [-0.39, 0.29) is 55.7 Å². The molecule has 2 atom stereocenters. The Morgan fingerprint density at radius 1 is 1.14 bits per heavy atom. The Kier molecular flexibility index (Phi) is 7.63. The molecule has 2 aliphatic heterocycles. The summed E-state index contributed by atoms with van der Waals surface area (Å²) in [6.07, 6.45) is -1.54. The molecule has 1 fully saturated rings. The molecule has 6 rings (SSSR count). The van der Waals surface area contributed by atoms with Crippen molar-refractivity contribution in [3.05, 3.63) is 58.3 Å². The molecule has 5 heterocycles. The lowest BCUT2D eigenvalue weighted by Crippen LogP contribution is -2.44. The third kappa shape index (κ3) is 5.65. The number of likely N-dealkylation sites (tertiary alicyclic amines) is 1. The summed E-state index contributed by atoms with van der Waals surface area (Å²) in [4.78, 5) is 46.3. The smallest absolute Gasteiger partial charge is 0.304 e. The molecule has 1 saturated heterocycles. The summed E-state index contributed by atoms with van der Waals surface area (Å²) in [7, 11) is 0. The molecule has 0 radical (unpaired) electrons. The molecule has 230 valence electrons. The zero-order chi connectivity index (χ0) is 31.3. The fourth-order valence-corrected chi connectivity index (χ4v) is 6.01. The van der Waals surface area contributed by atoms with E-state index in [1.165, 1.54) is 21.1 Å². The van der Waals surface area contributed by atoms with Crippen molar-refractivity contribution in [3.8, 4) is 0 Å². The van der Waals surface area contributed by atoms with Crippen molar-refractivity contribution in [1.82, 2.24) is 34.4 Å². The summed E-state index contributed by atoms with van der Waals surface area (Å²) in [5.41, 5.74) is 1.35. The van der Waals surface area contributed by atoms with E-state index in [4.69, 9.17) is 0 Å². The highest BCUT2D eigenvalue weighted by Gasteiger charge is 2.40. The van der Waals surface area contributed by atoms with E-state index in [0.29, 0.717) is 33.6 Å². The van der Waals surface area contributed by atoms with Crippen LogP contribution in [0, 0.1) is 0 Å². The largest absolute Gasteiger partial charge is 0.362 e. The number of ketones is 1. The van der Waals surface area contributed by atoms with Crippen LogP contribution in [0.5, 0.6) is 0 Å². The number of carbonyl (C=O) groups is 3. The first-order chi connectivity index (χ1) is 20.9. The van der Waals surface area contributed by atoms with Crippen LogP contribution in [0.1, 0.15) is 42.4 Å². The van der Waals surface area contributed by atoms with Crippen LogP contribution < -0.4 is 10.2 Å². The monoisotopic (exact) mass is 673 g/mol. The number of pyridine rings is 1. The third-order valence-electron chi connectivity index (χ3n) is 7.70. The molecular formula is C28H27BrF3N9O3. The first-order valence-electron chi connectivity index (χ1n) is 13.8.